The number of hydrogen-bond acceptors (Lipinski definition) is 4. The first-order valence-electron chi connectivity index (χ1n) is 9.79. The zero-order valence-corrected chi connectivity index (χ0v) is 18.8. The molecule has 1 aliphatic rings. The summed E-state index contributed by atoms with van der Waals surface area (Å²) in [4.78, 5) is 27.8. The number of aryl methyl sites for hydroxylation is 1. The maximum Gasteiger partial charge on any atom is 0.300 e. The summed E-state index contributed by atoms with van der Waals surface area (Å²) in [6, 6.07) is 17.9. The molecule has 3 aromatic carbocycles. The second-order valence-electron chi connectivity index (χ2n) is 7.35. The van der Waals surface area contributed by atoms with Crippen LogP contribution in [0.5, 0.6) is 5.75 Å². The van der Waals surface area contributed by atoms with E-state index in [2.05, 4.69) is 0 Å². The van der Waals surface area contributed by atoms with Crippen LogP contribution in [-0.2, 0) is 9.59 Å². The monoisotopic (exact) mass is 467 g/mol. The number of aliphatic hydroxyl groups excluding tert-OH is 1. The molecule has 0 aromatic heterocycles. The van der Waals surface area contributed by atoms with Crippen molar-refractivity contribution in [2.75, 3.05) is 12.0 Å². The number of methoxy groups -OCH3 is 1. The summed E-state index contributed by atoms with van der Waals surface area (Å²) in [5, 5.41) is 11.8. The second kappa shape index (κ2) is 8.69. The fraction of sp³-hybridized carbons (Fsp3) is 0.120. The second-order valence-corrected chi connectivity index (χ2v) is 8.20. The van der Waals surface area contributed by atoms with Gasteiger partial charge in [-0.25, -0.2) is 0 Å². The standard InChI is InChI=1S/C25H19Cl2NO4/c1-14-6-3-4-9-18(14)22-21(23(29)15-7-5-8-16(26)12-15)24(30)25(31)28(22)17-10-11-20(32-2)19(27)13-17/h3-13,22,29H,1-2H3/b23-21+. The first kappa shape index (κ1) is 21.9. The number of benzene rings is 3. The Labute approximate surface area is 195 Å². The molecule has 5 nitrogen and oxygen atoms in total. The number of aliphatic hydroxyl groups is 1. The van der Waals surface area contributed by atoms with Crippen LogP contribution in [0.15, 0.2) is 72.3 Å². The lowest BCUT2D eigenvalue weighted by atomic mass is 9.92. The maximum absolute atomic E-state index is 13.2. The quantitative estimate of drug-likeness (QED) is 0.293. The van der Waals surface area contributed by atoms with Crippen LogP contribution in [0.3, 0.4) is 0 Å². The number of rotatable bonds is 4. The highest BCUT2D eigenvalue weighted by Crippen LogP contribution is 2.44. The Morgan fingerprint density at radius 3 is 2.41 bits per heavy atom. The molecule has 32 heavy (non-hydrogen) atoms. The van der Waals surface area contributed by atoms with Gasteiger partial charge in [0.2, 0.25) is 0 Å². The van der Waals surface area contributed by atoms with Crippen molar-refractivity contribution in [3.63, 3.8) is 0 Å². The van der Waals surface area contributed by atoms with Gasteiger partial charge in [0.05, 0.1) is 23.7 Å². The van der Waals surface area contributed by atoms with Gasteiger partial charge in [0.15, 0.2) is 0 Å². The zero-order valence-electron chi connectivity index (χ0n) is 17.3. The predicted molar refractivity (Wildman–Crippen MR) is 125 cm³/mol. The van der Waals surface area contributed by atoms with E-state index in [0.29, 0.717) is 32.6 Å². The molecular formula is C25H19Cl2NO4. The van der Waals surface area contributed by atoms with Crippen molar-refractivity contribution in [1.29, 1.82) is 0 Å². The van der Waals surface area contributed by atoms with Crippen LogP contribution in [0.2, 0.25) is 10.0 Å². The molecule has 1 saturated heterocycles. The zero-order chi connectivity index (χ0) is 23.0. The molecular weight excluding hydrogens is 449 g/mol. The minimum Gasteiger partial charge on any atom is -0.507 e. The molecule has 3 aromatic rings. The molecule has 0 radical (unpaired) electrons. The molecule has 1 unspecified atom stereocenters. The largest absolute Gasteiger partial charge is 0.507 e. The number of amides is 1. The third-order valence-corrected chi connectivity index (χ3v) is 5.97. The van der Waals surface area contributed by atoms with Crippen molar-refractivity contribution in [2.24, 2.45) is 0 Å². The van der Waals surface area contributed by atoms with Gasteiger partial charge in [0.25, 0.3) is 11.7 Å². The highest BCUT2D eigenvalue weighted by atomic mass is 35.5. The third kappa shape index (κ3) is 3.74. The summed E-state index contributed by atoms with van der Waals surface area (Å²) in [6.07, 6.45) is 0. The molecule has 162 valence electrons. The van der Waals surface area contributed by atoms with E-state index in [1.807, 2.05) is 31.2 Å². The molecule has 0 saturated carbocycles. The molecule has 0 aliphatic carbocycles. The van der Waals surface area contributed by atoms with Gasteiger partial charge in [-0.15, -0.1) is 0 Å². The molecule has 0 spiro atoms. The molecule has 1 atom stereocenters. The van der Waals surface area contributed by atoms with Crippen LogP contribution in [0.4, 0.5) is 5.69 Å². The highest BCUT2D eigenvalue weighted by Gasteiger charge is 2.47. The number of hydrogen-bond donors (Lipinski definition) is 1. The average molecular weight is 468 g/mol. The van der Waals surface area contributed by atoms with Gasteiger partial charge in [-0.3, -0.25) is 14.5 Å². The molecule has 1 fully saturated rings. The summed E-state index contributed by atoms with van der Waals surface area (Å²) < 4.78 is 5.21. The van der Waals surface area contributed by atoms with Gasteiger partial charge in [-0.1, -0.05) is 59.6 Å². The van der Waals surface area contributed by atoms with Crippen molar-refractivity contribution in [3.05, 3.63) is 99.0 Å². The Morgan fingerprint density at radius 1 is 1.00 bits per heavy atom. The minimum atomic E-state index is -0.848. The smallest absolute Gasteiger partial charge is 0.300 e. The summed E-state index contributed by atoms with van der Waals surface area (Å²) >= 11 is 12.4. The van der Waals surface area contributed by atoms with Crippen LogP contribution in [0.1, 0.15) is 22.7 Å². The maximum atomic E-state index is 13.2. The number of carbonyl (C=O) groups is 2. The summed E-state index contributed by atoms with van der Waals surface area (Å²) in [6.45, 7) is 1.88. The van der Waals surface area contributed by atoms with Crippen LogP contribution >= 0.6 is 23.2 Å². The molecule has 1 N–H and O–H groups in total. The Bertz CT molecular complexity index is 1270. The van der Waals surface area contributed by atoms with E-state index in [4.69, 9.17) is 27.9 Å². The van der Waals surface area contributed by atoms with Crippen LogP contribution in [0, 0.1) is 6.92 Å². The third-order valence-electron chi connectivity index (χ3n) is 5.44. The van der Waals surface area contributed by atoms with E-state index in [9.17, 15) is 14.7 Å². The van der Waals surface area contributed by atoms with Crippen molar-refractivity contribution < 1.29 is 19.4 Å². The van der Waals surface area contributed by atoms with Gasteiger partial charge in [-0.2, -0.15) is 0 Å². The molecule has 4 rings (SSSR count). The summed E-state index contributed by atoms with van der Waals surface area (Å²) in [5.74, 6) is -1.40. The number of nitrogens with zero attached hydrogens (tertiary/aromatic N) is 1. The van der Waals surface area contributed by atoms with Crippen LogP contribution in [-0.4, -0.2) is 23.9 Å². The predicted octanol–water partition coefficient (Wildman–Crippen LogP) is 5.94. The first-order valence-corrected chi connectivity index (χ1v) is 10.5. The van der Waals surface area contributed by atoms with Crippen molar-refractivity contribution >= 4 is 46.3 Å². The molecule has 0 bridgehead atoms. The Balaban J connectivity index is 1.97. The molecule has 1 amide bonds. The number of ether oxygens (including phenoxy) is 1. The van der Waals surface area contributed by atoms with Gasteiger partial charge in [0.1, 0.15) is 11.5 Å². The van der Waals surface area contributed by atoms with Crippen molar-refractivity contribution in [2.45, 2.75) is 13.0 Å². The van der Waals surface area contributed by atoms with Crippen LogP contribution in [0.25, 0.3) is 5.76 Å². The van der Waals surface area contributed by atoms with Crippen molar-refractivity contribution in [3.8, 4) is 5.75 Å². The van der Waals surface area contributed by atoms with Gasteiger partial charge < -0.3 is 9.84 Å². The minimum absolute atomic E-state index is 0.0153. The number of Topliss-reactive ketones (excluding diaryl/α,β-unsaturated/α-hetero) is 1. The molecule has 1 aliphatic heterocycles. The Kier molecular flexibility index (Phi) is 5.96. The molecule has 1 heterocycles. The summed E-state index contributed by atoms with van der Waals surface area (Å²) in [5.41, 5.74) is 2.32. The van der Waals surface area contributed by atoms with E-state index in [1.165, 1.54) is 12.0 Å². The van der Waals surface area contributed by atoms with E-state index in [-0.39, 0.29) is 11.3 Å². The fourth-order valence-corrected chi connectivity index (χ4v) is 4.33. The number of carbonyl (C=O) groups excluding carboxylic acids is 2. The fourth-order valence-electron chi connectivity index (χ4n) is 3.88. The van der Waals surface area contributed by atoms with E-state index < -0.39 is 17.7 Å². The normalized spacial score (nSPS) is 17.6. The number of ketones is 1. The lowest BCUT2D eigenvalue weighted by Crippen LogP contribution is -2.29. The Morgan fingerprint density at radius 2 is 1.75 bits per heavy atom. The first-order chi connectivity index (χ1) is 15.3. The van der Waals surface area contributed by atoms with E-state index >= 15 is 0 Å². The Hall–Kier alpha value is -3.28. The highest BCUT2D eigenvalue weighted by molar-refractivity contribution is 6.52. The van der Waals surface area contributed by atoms with E-state index in [0.717, 1.165) is 5.56 Å². The van der Waals surface area contributed by atoms with Crippen molar-refractivity contribution in [1.82, 2.24) is 0 Å². The lowest BCUT2D eigenvalue weighted by molar-refractivity contribution is -0.132. The number of anilines is 1. The lowest BCUT2D eigenvalue weighted by Gasteiger charge is -2.27. The SMILES string of the molecule is COc1ccc(N2C(=O)C(=O)/C(=C(/O)c3cccc(Cl)c3)C2c2ccccc2C)cc1Cl. The summed E-state index contributed by atoms with van der Waals surface area (Å²) in [7, 11) is 1.49. The topological polar surface area (TPSA) is 66.8 Å². The molecule has 7 heteroatoms. The van der Waals surface area contributed by atoms with E-state index in [1.54, 1.807) is 42.5 Å². The number of halogens is 2. The van der Waals surface area contributed by atoms with Crippen LogP contribution < -0.4 is 9.64 Å². The average Bonchev–Trinajstić information content (AvgIpc) is 3.04. The van der Waals surface area contributed by atoms with Gasteiger partial charge in [-0.05, 0) is 48.4 Å². The van der Waals surface area contributed by atoms with Gasteiger partial charge >= 0.3 is 0 Å². The van der Waals surface area contributed by atoms with Gasteiger partial charge in [0, 0.05) is 16.3 Å².